The summed E-state index contributed by atoms with van der Waals surface area (Å²) in [7, 11) is 1.60. The van der Waals surface area contributed by atoms with Crippen LogP contribution in [0, 0.1) is 0 Å². The van der Waals surface area contributed by atoms with Crippen LogP contribution in [0.2, 0.25) is 0 Å². The SMILES string of the molecule is COc1cccc(CNc2nc(NC(C)CC(C)(C)O)nc3c2ncn3Cc2ccccc2)c1N. The molecule has 35 heavy (non-hydrogen) atoms. The van der Waals surface area contributed by atoms with Crippen molar-refractivity contribution in [3.05, 3.63) is 66.0 Å². The molecule has 1 unspecified atom stereocenters. The van der Waals surface area contributed by atoms with Gasteiger partial charge in [-0.25, -0.2) is 4.98 Å². The number of nitrogens with one attached hydrogen (secondary N) is 2. The van der Waals surface area contributed by atoms with Gasteiger partial charge >= 0.3 is 0 Å². The van der Waals surface area contributed by atoms with Gasteiger partial charge < -0.3 is 30.8 Å². The van der Waals surface area contributed by atoms with Crippen LogP contribution in [0.25, 0.3) is 11.2 Å². The maximum absolute atomic E-state index is 10.2. The van der Waals surface area contributed by atoms with Gasteiger partial charge in [0, 0.05) is 12.6 Å². The van der Waals surface area contributed by atoms with Crippen molar-refractivity contribution < 1.29 is 9.84 Å². The normalized spacial score (nSPS) is 12.5. The maximum atomic E-state index is 10.2. The molecule has 2 heterocycles. The second kappa shape index (κ2) is 10.2. The fourth-order valence-electron chi connectivity index (χ4n) is 4.15. The highest BCUT2D eigenvalue weighted by atomic mass is 16.5. The Labute approximate surface area is 205 Å². The number of rotatable bonds is 10. The third-order valence-corrected chi connectivity index (χ3v) is 5.66. The quantitative estimate of drug-likeness (QED) is 0.254. The van der Waals surface area contributed by atoms with Crippen LogP contribution in [0.1, 0.15) is 38.3 Å². The first kappa shape index (κ1) is 24.3. The van der Waals surface area contributed by atoms with Crippen LogP contribution in [-0.4, -0.2) is 43.4 Å². The summed E-state index contributed by atoms with van der Waals surface area (Å²) in [6.45, 7) is 6.65. The van der Waals surface area contributed by atoms with E-state index < -0.39 is 5.60 Å². The minimum absolute atomic E-state index is 0.0418. The smallest absolute Gasteiger partial charge is 0.226 e. The molecule has 9 heteroatoms. The minimum Gasteiger partial charge on any atom is -0.495 e. The van der Waals surface area contributed by atoms with Crippen molar-refractivity contribution in [2.45, 2.75) is 51.9 Å². The fraction of sp³-hybridized carbons (Fsp3) is 0.346. The summed E-state index contributed by atoms with van der Waals surface area (Å²) < 4.78 is 7.35. The Bertz CT molecular complexity index is 1280. The van der Waals surface area contributed by atoms with E-state index in [2.05, 4.69) is 27.8 Å². The van der Waals surface area contributed by atoms with Crippen LogP contribution < -0.4 is 21.1 Å². The monoisotopic (exact) mass is 475 g/mol. The molecule has 0 amide bonds. The summed E-state index contributed by atoms with van der Waals surface area (Å²) in [6.07, 6.45) is 2.32. The number of methoxy groups -OCH3 is 1. The lowest BCUT2D eigenvalue weighted by Gasteiger charge is -2.23. The molecule has 184 valence electrons. The zero-order valence-electron chi connectivity index (χ0n) is 20.6. The predicted octanol–water partition coefficient (Wildman–Crippen LogP) is 4.04. The van der Waals surface area contributed by atoms with E-state index in [1.54, 1.807) is 27.3 Å². The van der Waals surface area contributed by atoms with E-state index >= 15 is 0 Å². The van der Waals surface area contributed by atoms with Gasteiger partial charge in [0.1, 0.15) is 5.75 Å². The molecular weight excluding hydrogens is 442 g/mol. The second-order valence-corrected chi connectivity index (χ2v) is 9.37. The topological polar surface area (TPSA) is 123 Å². The standard InChI is InChI=1S/C26H33N7O2/c1-17(13-26(2,3)34)30-25-31-23(28-14-19-11-8-12-20(35-4)21(19)27)22-24(32-25)33(16-29-22)15-18-9-6-5-7-10-18/h5-12,16-17,34H,13-15,27H2,1-4H3,(H2,28,30,31,32). The Morgan fingerprint density at radius 3 is 2.60 bits per heavy atom. The van der Waals surface area contributed by atoms with Gasteiger partial charge in [-0.05, 0) is 44.4 Å². The van der Waals surface area contributed by atoms with Crippen molar-refractivity contribution in [3.63, 3.8) is 0 Å². The molecule has 5 N–H and O–H groups in total. The number of nitrogens with zero attached hydrogens (tertiary/aromatic N) is 4. The molecule has 1 atom stereocenters. The van der Waals surface area contributed by atoms with E-state index in [1.165, 1.54) is 0 Å². The van der Waals surface area contributed by atoms with Crippen LogP contribution in [0.15, 0.2) is 54.9 Å². The Hall–Kier alpha value is -3.85. The number of hydrogen-bond donors (Lipinski definition) is 4. The number of hydrogen-bond acceptors (Lipinski definition) is 8. The third-order valence-electron chi connectivity index (χ3n) is 5.66. The van der Waals surface area contributed by atoms with Crippen molar-refractivity contribution in [2.75, 3.05) is 23.5 Å². The first-order valence-electron chi connectivity index (χ1n) is 11.6. The molecule has 0 bridgehead atoms. The molecule has 4 rings (SSSR count). The molecule has 0 radical (unpaired) electrons. The van der Waals surface area contributed by atoms with Crippen LogP contribution in [0.5, 0.6) is 5.75 Å². The van der Waals surface area contributed by atoms with Crippen LogP contribution in [0.4, 0.5) is 17.5 Å². The number of imidazole rings is 1. The van der Waals surface area contributed by atoms with Crippen molar-refractivity contribution in [1.29, 1.82) is 0 Å². The largest absolute Gasteiger partial charge is 0.495 e. The summed E-state index contributed by atoms with van der Waals surface area (Å²) >= 11 is 0. The molecule has 0 fully saturated rings. The van der Waals surface area contributed by atoms with E-state index in [0.29, 0.717) is 53.9 Å². The molecule has 0 aliphatic rings. The molecule has 0 saturated heterocycles. The van der Waals surface area contributed by atoms with Gasteiger partial charge in [0.15, 0.2) is 17.0 Å². The van der Waals surface area contributed by atoms with E-state index in [1.807, 2.05) is 47.9 Å². The number of benzene rings is 2. The van der Waals surface area contributed by atoms with Gasteiger partial charge in [0.2, 0.25) is 5.95 Å². The van der Waals surface area contributed by atoms with E-state index in [-0.39, 0.29) is 6.04 Å². The molecule has 4 aromatic rings. The number of ether oxygens (including phenoxy) is 1. The van der Waals surface area contributed by atoms with E-state index in [0.717, 1.165) is 11.1 Å². The van der Waals surface area contributed by atoms with Crippen LogP contribution in [0.3, 0.4) is 0 Å². The first-order valence-corrected chi connectivity index (χ1v) is 11.6. The molecule has 0 spiro atoms. The highest BCUT2D eigenvalue weighted by Gasteiger charge is 2.20. The van der Waals surface area contributed by atoms with Crippen molar-refractivity contribution >= 4 is 28.6 Å². The van der Waals surface area contributed by atoms with Gasteiger partial charge in [-0.2, -0.15) is 9.97 Å². The third kappa shape index (κ3) is 5.99. The molecule has 2 aromatic carbocycles. The van der Waals surface area contributed by atoms with E-state index in [9.17, 15) is 5.11 Å². The van der Waals surface area contributed by atoms with Crippen LogP contribution >= 0.6 is 0 Å². The highest BCUT2D eigenvalue weighted by molar-refractivity contribution is 5.84. The predicted molar refractivity (Wildman–Crippen MR) is 140 cm³/mol. The number of nitrogens with two attached hydrogens (primary N) is 1. The maximum Gasteiger partial charge on any atom is 0.226 e. The summed E-state index contributed by atoms with van der Waals surface area (Å²) in [5, 5.41) is 16.9. The molecular formula is C26H33N7O2. The summed E-state index contributed by atoms with van der Waals surface area (Å²) in [5.74, 6) is 1.69. The van der Waals surface area contributed by atoms with Gasteiger partial charge in [0.25, 0.3) is 0 Å². The van der Waals surface area contributed by atoms with Crippen molar-refractivity contribution in [1.82, 2.24) is 19.5 Å². The number of aliphatic hydroxyl groups is 1. The fourth-order valence-corrected chi connectivity index (χ4v) is 4.15. The molecule has 0 aliphatic heterocycles. The number of nitrogen functional groups attached to an aromatic ring is 1. The Balaban J connectivity index is 1.67. The number of anilines is 3. The first-order chi connectivity index (χ1) is 16.7. The molecule has 0 aliphatic carbocycles. The Morgan fingerprint density at radius 2 is 1.89 bits per heavy atom. The summed E-state index contributed by atoms with van der Waals surface area (Å²) in [6, 6.07) is 15.8. The zero-order chi connectivity index (χ0) is 25.0. The zero-order valence-corrected chi connectivity index (χ0v) is 20.6. The molecule has 2 aromatic heterocycles. The van der Waals surface area contributed by atoms with Gasteiger partial charge in [-0.1, -0.05) is 42.5 Å². The van der Waals surface area contributed by atoms with Crippen LogP contribution in [-0.2, 0) is 13.1 Å². The number of aromatic nitrogens is 4. The van der Waals surface area contributed by atoms with Gasteiger partial charge in [-0.15, -0.1) is 0 Å². The second-order valence-electron chi connectivity index (χ2n) is 9.37. The lowest BCUT2D eigenvalue weighted by Crippen LogP contribution is -2.29. The van der Waals surface area contributed by atoms with Crippen molar-refractivity contribution in [3.8, 4) is 5.75 Å². The number of para-hydroxylation sites is 1. The van der Waals surface area contributed by atoms with Crippen molar-refractivity contribution in [2.24, 2.45) is 0 Å². The van der Waals surface area contributed by atoms with E-state index in [4.69, 9.17) is 20.4 Å². The lowest BCUT2D eigenvalue weighted by atomic mass is 10.0. The number of fused-ring (bicyclic) bond motifs is 1. The highest BCUT2D eigenvalue weighted by Crippen LogP contribution is 2.27. The molecule has 0 saturated carbocycles. The van der Waals surface area contributed by atoms with Gasteiger partial charge in [0.05, 0.1) is 31.3 Å². The average molecular weight is 476 g/mol. The Morgan fingerprint density at radius 1 is 1.11 bits per heavy atom. The summed E-state index contributed by atoms with van der Waals surface area (Å²) in [4.78, 5) is 14.1. The lowest BCUT2D eigenvalue weighted by molar-refractivity contribution is 0.0672. The minimum atomic E-state index is -0.809. The average Bonchev–Trinajstić information content (AvgIpc) is 3.20. The Kier molecular flexibility index (Phi) is 7.07. The van der Waals surface area contributed by atoms with Gasteiger partial charge in [-0.3, -0.25) is 0 Å². The molecule has 9 nitrogen and oxygen atoms in total. The summed E-state index contributed by atoms with van der Waals surface area (Å²) in [5.41, 5.74) is 9.46.